The number of pyridine rings is 2. The minimum Gasteiger partial charge on any atom is -0.237 e. The molecule has 0 aliphatic rings. The predicted molar refractivity (Wildman–Crippen MR) is 49.8 cm³/mol. The van der Waals surface area contributed by atoms with Gasteiger partial charge in [0.1, 0.15) is 0 Å². The summed E-state index contributed by atoms with van der Waals surface area (Å²) >= 11 is 0. The van der Waals surface area contributed by atoms with Gasteiger partial charge in [-0.2, -0.15) is 0 Å². The Kier molecular flexibility index (Phi) is 1.40. The van der Waals surface area contributed by atoms with Gasteiger partial charge in [0.15, 0.2) is 5.65 Å². The van der Waals surface area contributed by atoms with Crippen molar-refractivity contribution in [2.24, 2.45) is 0 Å². The van der Waals surface area contributed by atoms with Crippen molar-refractivity contribution >= 4 is 24.2 Å². The van der Waals surface area contributed by atoms with Crippen molar-refractivity contribution < 1.29 is 0 Å². The van der Waals surface area contributed by atoms with Crippen LogP contribution in [0.15, 0.2) is 24.4 Å². The Labute approximate surface area is 69.9 Å². The zero-order valence-electron chi connectivity index (χ0n) is 6.62. The van der Waals surface area contributed by atoms with Crippen molar-refractivity contribution in [1.82, 2.24) is 9.97 Å². The van der Waals surface area contributed by atoms with Crippen LogP contribution >= 0.6 is 0 Å². The van der Waals surface area contributed by atoms with Gasteiger partial charge in [-0.15, -0.1) is 0 Å². The highest BCUT2D eigenvalue weighted by atomic mass is 14.8. The second kappa shape index (κ2) is 2.41. The van der Waals surface area contributed by atoms with E-state index in [4.69, 9.17) is 0 Å². The highest BCUT2D eigenvalue weighted by molar-refractivity contribution is 5.73. The summed E-state index contributed by atoms with van der Waals surface area (Å²) in [7, 11) is 0. The molecular formula is C10H8N2. The lowest BCUT2D eigenvalue weighted by Gasteiger charge is -1.93. The molecule has 0 saturated carbocycles. The Bertz CT molecular complexity index is 468. The van der Waals surface area contributed by atoms with E-state index in [1.807, 2.05) is 18.2 Å². The van der Waals surface area contributed by atoms with E-state index in [-0.39, 0.29) is 0 Å². The molecule has 0 N–H and O–H groups in total. The number of hydrogen-bond acceptors (Lipinski definition) is 2. The molecule has 2 heteroatoms. The quantitative estimate of drug-likeness (QED) is 0.553. The molecular weight excluding hydrogens is 148 g/mol. The minimum absolute atomic E-state index is 0.696. The fraction of sp³-hybridized carbons (Fsp3) is 0. The first-order chi connectivity index (χ1) is 5.77. The van der Waals surface area contributed by atoms with E-state index in [0.717, 1.165) is 16.3 Å². The van der Waals surface area contributed by atoms with Gasteiger partial charge < -0.3 is 0 Å². The summed E-state index contributed by atoms with van der Waals surface area (Å²) in [6.45, 7) is 7.57. The third kappa shape index (κ3) is 0.975. The number of fused-ring (bicyclic) bond motifs is 1. The van der Waals surface area contributed by atoms with Gasteiger partial charge in [-0.3, -0.25) is 0 Å². The lowest BCUT2D eigenvalue weighted by atomic mass is 10.2. The molecule has 0 spiro atoms. The van der Waals surface area contributed by atoms with Gasteiger partial charge in [0.25, 0.3) is 0 Å². The molecule has 0 fully saturated rings. The minimum atomic E-state index is 0.696. The zero-order chi connectivity index (χ0) is 8.55. The van der Waals surface area contributed by atoms with Gasteiger partial charge in [-0.25, -0.2) is 9.97 Å². The molecule has 0 unspecified atom stereocenters. The summed E-state index contributed by atoms with van der Waals surface area (Å²) in [6.07, 6.45) is 1.72. The van der Waals surface area contributed by atoms with Gasteiger partial charge in [-0.05, 0) is 23.4 Å². The molecule has 2 heterocycles. The van der Waals surface area contributed by atoms with E-state index in [0.29, 0.717) is 5.35 Å². The van der Waals surface area contributed by atoms with Crippen LogP contribution in [0.25, 0.3) is 24.2 Å². The van der Waals surface area contributed by atoms with Gasteiger partial charge in [0.2, 0.25) is 0 Å². The molecule has 0 bridgehead atoms. The molecule has 2 aromatic heterocycles. The van der Waals surface area contributed by atoms with E-state index in [1.165, 1.54) is 0 Å². The highest BCUT2D eigenvalue weighted by Gasteiger charge is 1.92. The van der Waals surface area contributed by atoms with Crippen molar-refractivity contribution in [3.05, 3.63) is 35.0 Å². The zero-order valence-corrected chi connectivity index (χ0v) is 6.62. The maximum absolute atomic E-state index is 4.19. The summed E-state index contributed by atoms with van der Waals surface area (Å²) < 4.78 is 0. The lowest BCUT2D eigenvalue weighted by Crippen LogP contribution is -2.24. The second-order valence-electron chi connectivity index (χ2n) is 2.64. The van der Waals surface area contributed by atoms with Crippen molar-refractivity contribution in [2.45, 2.75) is 0 Å². The van der Waals surface area contributed by atoms with Gasteiger partial charge in [-0.1, -0.05) is 13.2 Å². The lowest BCUT2D eigenvalue weighted by molar-refractivity contribution is 1.23. The van der Waals surface area contributed by atoms with Crippen LogP contribution in [0.2, 0.25) is 0 Å². The van der Waals surface area contributed by atoms with Crippen molar-refractivity contribution in [1.29, 1.82) is 0 Å². The fourth-order valence-electron chi connectivity index (χ4n) is 1.09. The van der Waals surface area contributed by atoms with Crippen LogP contribution in [0.4, 0.5) is 0 Å². The summed E-state index contributed by atoms with van der Waals surface area (Å²) in [5.41, 5.74) is 0.731. The molecule has 0 aromatic carbocycles. The highest BCUT2D eigenvalue weighted by Crippen LogP contribution is 2.00. The van der Waals surface area contributed by atoms with E-state index < -0.39 is 0 Å². The number of rotatable bonds is 0. The number of hydrogen-bond donors (Lipinski definition) is 0. The van der Waals surface area contributed by atoms with Gasteiger partial charge in [0.05, 0.1) is 5.35 Å². The fourth-order valence-corrected chi connectivity index (χ4v) is 1.09. The standard InChI is InChI=1S/C10H8N2/c1-7-6-9-4-3-5-11-10(9)12-8(7)2/h3-6H,1-2H2. The third-order valence-electron chi connectivity index (χ3n) is 1.76. The summed E-state index contributed by atoms with van der Waals surface area (Å²) in [5, 5.41) is 2.56. The Balaban J connectivity index is 3.03. The summed E-state index contributed by atoms with van der Waals surface area (Å²) in [5.74, 6) is 0. The van der Waals surface area contributed by atoms with Crippen LogP contribution in [0.3, 0.4) is 0 Å². The SMILES string of the molecule is C=c1cc2cccnc2nc1=C. The van der Waals surface area contributed by atoms with E-state index in [1.54, 1.807) is 6.20 Å². The smallest absolute Gasteiger partial charge is 0.159 e. The van der Waals surface area contributed by atoms with Crippen LogP contribution in [-0.2, 0) is 0 Å². The molecule has 2 nitrogen and oxygen atoms in total. The first-order valence-electron chi connectivity index (χ1n) is 3.67. The van der Waals surface area contributed by atoms with Gasteiger partial charge >= 0.3 is 0 Å². The maximum Gasteiger partial charge on any atom is 0.159 e. The maximum atomic E-state index is 4.19. The average molecular weight is 156 g/mol. The molecule has 0 atom stereocenters. The van der Waals surface area contributed by atoms with E-state index in [2.05, 4.69) is 23.1 Å². The van der Waals surface area contributed by atoms with E-state index in [9.17, 15) is 0 Å². The molecule has 2 rings (SSSR count). The summed E-state index contributed by atoms with van der Waals surface area (Å²) in [6, 6.07) is 5.79. The Morgan fingerprint density at radius 1 is 1.25 bits per heavy atom. The molecule has 0 aliphatic carbocycles. The van der Waals surface area contributed by atoms with Gasteiger partial charge in [0, 0.05) is 11.6 Å². The Morgan fingerprint density at radius 3 is 2.92 bits per heavy atom. The monoisotopic (exact) mass is 156 g/mol. The summed E-state index contributed by atoms with van der Waals surface area (Å²) in [4.78, 5) is 8.29. The normalized spacial score (nSPS) is 10.3. The average Bonchev–Trinajstić information content (AvgIpc) is 2.07. The molecule has 0 radical (unpaired) electrons. The third-order valence-corrected chi connectivity index (χ3v) is 1.76. The number of nitrogens with zero attached hydrogens (tertiary/aromatic N) is 2. The Hall–Kier alpha value is -1.70. The van der Waals surface area contributed by atoms with Crippen molar-refractivity contribution in [3.8, 4) is 0 Å². The van der Waals surface area contributed by atoms with Crippen molar-refractivity contribution in [3.63, 3.8) is 0 Å². The topological polar surface area (TPSA) is 25.8 Å². The molecule has 2 aromatic rings. The first-order valence-corrected chi connectivity index (χ1v) is 3.67. The Morgan fingerprint density at radius 2 is 2.08 bits per heavy atom. The molecule has 0 saturated heterocycles. The first kappa shape index (κ1) is 6.98. The number of aromatic nitrogens is 2. The van der Waals surface area contributed by atoms with Crippen LogP contribution in [0, 0.1) is 0 Å². The molecule has 0 aliphatic heterocycles. The molecule has 12 heavy (non-hydrogen) atoms. The largest absolute Gasteiger partial charge is 0.237 e. The van der Waals surface area contributed by atoms with Crippen LogP contribution < -0.4 is 10.6 Å². The van der Waals surface area contributed by atoms with E-state index >= 15 is 0 Å². The molecule has 0 amide bonds. The van der Waals surface area contributed by atoms with Crippen molar-refractivity contribution in [2.75, 3.05) is 0 Å². The predicted octanol–water partition coefficient (Wildman–Crippen LogP) is 0.450. The van der Waals surface area contributed by atoms with Crippen LogP contribution in [0.5, 0.6) is 0 Å². The van der Waals surface area contributed by atoms with Crippen LogP contribution in [-0.4, -0.2) is 9.97 Å². The van der Waals surface area contributed by atoms with Crippen LogP contribution in [0.1, 0.15) is 0 Å². The second-order valence-corrected chi connectivity index (χ2v) is 2.64. The molecule has 58 valence electrons.